The van der Waals surface area contributed by atoms with Crippen molar-refractivity contribution in [1.29, 1.82) is 0 Å². The van der Waals surface area contributed by atoms with E-state index >= 15 is 0 Å². The van der Waals surface area contributed by atoms with Gasteiger partial charge in [0.15, 0.2) is 0 Å². The number of carbonyl (C=O) groups is 2. The number of nitrogens with two attached hydrogens (primary N) is 2. The number of nitrogens with zero attached hydrogens (tertiary/aromatic N) is 2. The van der Waals surface area contributed by atoms with Crippen LogP contribution >= 0.6 is 0 Å². The second kappa shape index (κ2) is 4.56. The van der Waals surface area contributed by atoms with Gasteiger partial charge in [0.25, 0.3) is 5.91 Å². The van der Waals surface area contributed by atoms with Gasteiger partial charge in [-0.15, -0.1) is 0 Å². The van der Waals surface area contributed by atoms with Crippen LogP contribution in [0.3, 0.4) is 0 Å². The monoisotopic (exact) mass is 248 g/mol. The van der Waals surface area contributed by atoms with Gasteiger partial charge in [0.1, 0.15) is 6.54 Å². The van der Waals surface area contributed by atoms with Gasteiger partial charge in [0, 0.05) is 31.5 Å². The van der Waals surface area contributed by atoms with Crippen LogP contribution in [0.25, 0.3) is 0 Å². The lowest BCUT2D eigenvalue weighted by atomic mass is 10.1. The minimum absolute atomic E-state index is 0.0661. The first-order valence-electron chi connectivity index (χ1n) is 5.67. The zero-order valence-electron chi connectivity index (χ0n) is 10.2. The van der Waals surface area contributed by atoms with Crippen LogP contribution in [0.5, 0.6) is 0 Å². The lowest BCUT2D eigenvalue weighted by Crippen LogP contribution is -2.50. The van der Waals surface area contributed by atoms with Crippen LogP contribution in [0.15, 0.2) is 18.2 Å². The largest absolute Gasteiger partial charge is 0.399 e. The van der Waals surface area contributed by atoms with Crippen molar-refractivity contribution in [3.8, 4) is 0 Å². The Hall–Kier alpha value is -2.24. The summed E-state index contributed by atoms with van der Waals surface area (Å²) in [5.41, 5.74) is 12.6. The van der Waals surface area contributed by atoms with Crippen molar-refractivity contribution in [3.05, 3.63) is 23.8 Å². The molecule has 0 spiro atoms. The average molecular weight is 248 g/mol. The molecule has 0 bridgehead atoms. The van der Waals surface area contributed by atoms with E-state index in [1.807, 2.05) is 0 Å². The van der Waals surface area contributed by atoms with Gasteiger partial charge in [0.05, 0.1) is 5.56 Å². The molecule has 1 aliphatic heterocycles. The molecule has 2 rings (SSSR count). The zero-order chi connectivity index (χ0) is 13.3. The molecule has 96 valence electrons. The Labute approximate surface area is 105 Å². The SMILES string of the molecule is CN1CCN(C(=O)c2ccc(N)cc2N)CC1=O. The lowest BCUT2D eigenvalue weighted by molar-refractivity contribution is -0.133. The summed E-state index contributed by atoms with van der Waals surface area (Å²) in [6.45, 7) is 1.16. The summed E-state index contributed by atoms with van der Waals surface area (Å²) in [7, 11) is 1.72. The van der Waals surface area contributed by atoms with Crippen LogP contribution in [-0.2, 0) is 4.79 Å². The zero-order valence-corrected chi connectivity index (χ0v) is 10.2. The van der Waals surface area contributed by atoms with Crippen LogP contribution in [-0.4, -0.2) is 48.3 Å². The van der Waals surface area contributed by atoms with Crippen LogP contribution < -0.4 is 11.5 Å². The molecule has 6 nitrogen and oxygen atoms in total. The number of anilines is 2. The molecule has 1 saturated heterocycles. The van der Waals surface area contributed by atoms with Gasteiger partial charge in [0.2, 0.25) is 5.91 Å². The van der Waals surface area contributed by atoms with Crippen molar-refractivity contribution in [2.45, 2.75) is 0 Å². The predicted molar refractivity (Wildman–Crippen MR) is 68.8 cm³/mol. The van der Waals surface area contributed by atoms with Crippen LogP contribution in [0.1, 0.15) is 10.4 Å². The van der Waals surface area contributed by atoms with Crippen LogP contribution in [0, 0.1) is 0 Å². The van der Waals surface area contributed by atoms with Crippen LogP contribution in [0.4, 0.5) is 11.4 Å². The number of benzene rings is 1. The molecule has 0 unspecified atom stereocenters. The van der Waals surface area contributed by atoms with Gasteiger partial charge in [-0.25, -0.2) is 0 Å². The average Bonchev–Trinajstić information content (AvgIpc) is 2.32. The summed E-state index contributed by atoms with van der Waals surface area (Å²) in [5, 5.41) is 0. The fourth-order valence-corrected chi connectivity index (χ4v) is 1.88. The van der Waals surface area contributed by atoms with Crippen molar-refractivity contribution in [2.24, 2.45) is 0 Å². The van der Waals surface area contributed by atoms with E-state index in [0.29, 0.717) is 30.0 Å². The molecule has 1 fully saturated rings. The van der Waals surface area contributed by atoms with Gasteiger partial charge in [-0.3, -0.25) is 9.59 Å². The molecule has 2 amide bonds. The first-order valence-corrected chi connectivity index (χ1v) is 5.67. The Bertz CT molecular complexity index is 501. The molecule has 0 radical (unpaired) electrons. The quantitative estimate of drug-likeness (QED) is 0.671. The number of piperazine rings is 1. The van der Waals surface area contributed by atoms with Gasteiger partial charge < -0.3 is 21.3 Å². The maximum Gasteiger partial charge on any atom is 0.256 e. The van der Waals surface area contributed by atoms with E-state index in [0.717, 1.165) is 0 Å². The molecular formula is C12H16N4O2. The number of nitrogen functional groups attached to an aromatic ring is 2. The molecule has 18 heavy (non-hydrogen) atoms. The Morgan fingerprint density at radius 2 is 2.00 bits per heavy atom. The van der Waals surface area contributed by atoms with E-state index in [4.69, 9.17) is 11.5 Å². The second-order valence-electron chi connectivity index (χ2n) is 4.39. The lowest BCUT2D eigenvalue weighted by Gasteiger charge is -2.32. The molecule has 0 aliphatic carbocycles. The highest BCUT2D eigenvalue weighted by molar-refractivity contribution is 6.01. The highest BCUT2D eigenvalue weighted by Crippen LogP contribution is 2.18. The number of likely N-dealkylation sites (N-methyl/N-ethyl adjacent to an activating group) is 1. The Morgan fingerprint density at radius 3 is 2.61 bits per heavy atom. The van der Waals surface area contributed by atoms with Crippen molar-refractivity contribution in [2.75, 3.05) is 38.1 Å². The van der Waals surface area contributed by atoms with Gasteiger partial charge >= 0.3 is 0 Å². The summed E-state index contributed by atoms with van der Waals surface area (Å²) < 4.78 is 0. The molecule has 1 aromatic carbocycles. The maximum absolute atomic E-state index is 12.2. The van der Waals surface area contributed by atoms with Crippen molar-refractivity contribution < 1.29 is 9.59 Å². The Kier molecular flexibility index (Phi) is 3.10. The summed E-state index contributed by atoms with van der Waals surface area (Å²) >= 11 is 0. The molecule has 1 aliphatic rings. The van der Waals surface area contributed by atoms with Crippen molar-refractivity contribution in [3.63, 3.8) is 0 Å². The first-order chi connectivity index (χ1) is 8.49. The van der Waals surface area contributed by atoms with Crippen molar-refractivity contribution >= 4 is 23.2 Å². The Balaban J connectivity index is 2.19. The minimum atomic E-state index is -0.228. The summed E-state index contributed by atoms with van der Waals surface area (Å²) in [6.07, 6.45) is 0. The van der Waals surface area contributed by atoms with E-state index in [1.165, 1.54) is 4.90 Å². The molecule has 0 aromatic heterocycles. The van der Waals surface area contributed by atoms with E-state index in [-0.39, 0.29) is 18.4 Å². The van der Waals surface area contributed by atoms with E-state index in [1.54, 1.807) is 30.1 Å². The molecule has 1 aromatic rings. The smallest absolute Gasteiger partial charge is 0.256 e. The molecule has 0 saturated carbocycles. The summed E-state index contributed by atoms with van der Waals surface area (Å²) in [4.78, 5) is 26.9. The molecule has 4 N–H and O–H groups in total. The predicted octanol–water partition coefficient (Wildman–Crippen LogP) is -0.235. The topological polar surface area (TPSA) is 92.7 Å². The molecular weight excluding hydrogens is 232 g/mol. The third-order valence-electron chi connectivity index (χ3n) is 3.05. The number of hydrogen-bond acceptors (Lipinski definition) is 4. The highest BCUT2D eigenvalue weighted by atomic mass is 16.2. The standard InChI is InChI=1S/C12H16N4O2/c1-15-4-5-16(7-11(15)17)12(18)9-3-2-8(13)6-10(9)14/h2-3,6H,4-5,7,13-14H2,1H3. The Morgan fingerprint density at radius 1 is 1.28 bits per heavy atom. The number of hydrogen-bond donors (Lipinski definition) is 2. The number of amides is 2. The highest BCUT2D eigenvalue weighted by Gasteiger charge is 2.26. The first kappa shape index (κ1) is 12.2. The van der Waals surface area contributed by atoms with E-state index in [9.17, 15) is 9.59 Å². The number of carbonyl (C=O) groups excluding carboxylic acids is 2. The summed E-state index contributed by atoms with van der Waals surface area (Å²) in [6, 6.07) is 4.77. The van der Waals surface area contributed by atoms with E-state index in [2.05, 4.69) is 0 Å². The maximum atomic E-state index is 12.2. The van der Waals surface area contributed by atoms with Crippen LogP contribution in [0.2, 0.25) is 0 Å². The third-order valence-corrected chi connectivity index (χ3v) is 3.05. The fourth-order valence-electron chi connectivity index (χ4n) is 1.88. The van der Waals surface area contributed by atoms with Crippen molar-refractivity contribution in [1.82, 2.24) is 9.80 Å². The van der Waals surface area contributed by atoms with Gasteiger partial charge in [-0.2, -0.15) is 0 Å². The fraction of sp³-hybridized carbons (Fsp3) is 0.333. The third kappa shape index (κ3) is 2.22. The van der Waals surface area contributed by atoms with E-state index < -0.39 is 0 Å². The molecule has 6 heteroatoms. The van der Waals surface area contributed by atoms with Gasteiger partial charge in [-0.05, 0) is 18.2 Å². The normalized spacial score (nSPS) is 15.9. The number of rotatable bonds is 1. The molecule has 1 heterocycles. The van der Waals surface area contributed by atoms with Gasteiger partial charge in [-0.1, -0.05) is 0 Å². The summed E-state index contributed by atoms with van der Waals surface area (Å²) in [5.74, 6) is -0.294. The second-order valence-corrected chi connectivity index (χ2v) is 4.39. The molecule has 0 atom stereocenters. The minimum Gasteiger partial charge on any atom is -0.399 e.